The van der Waals surface area contributed by atoms with Crippen molar-refractivity contribution in [2.24, 2.45) is 5.73 Å². The molecule has 0 heterocycles. The Hall–Kier alpha value is -2.62. The van der Waals surface area contributed by atoms with Gasteiger partial charge in [0.2, 0.25) is 0 Å². The van der Waals surface area contributed by atoms with E-state index in [4.69, 9.17) is 15.7 Å². The van der Waals surface area contributed by atoms with E-state index in [2.05, 4.69) is 4.74 Å². The van der Waals surface area contributed by atoms with Crippen molar-refractivity contribution in [3.63, 3.8) is 0 Å². The van der Waals surface area contributed by atoms with E-state index in [-0.39, 0.29) is 29.2 Å². The fraction of sp³-hybridized carbons (Fsp3) is 0.231. The summed E-state index contributed by atoms with van der Waals surface area (Å²) in [5, 5.41) is 8.76. The largest absolute Gasteiger partial charge is 0.490 e. The third kappa shape index (κ3) is 3.95. The zero-order valence-corrected chi connectivity index (χ0v) is 10.6. The average Bonchev–Trinajstić information content (AvgIpc) is 2.38. The average molecular weight is 282 g/mol. The number of halogens is 2. The van der Waals surface area contributed by atoms with Gasteiger partial charge in [0.15, 0.2) is 11.5 Å². The van der Waals surface area contributed by atoms with Crippen molar-refractivity contribution in [3.05, 3.63) is 29.3 Å². The molecule has 0 radical (unpaired) electrons. The highest BCUT2D eigenvalue weighted by Crippen LogP contribution is 2.34. The molecule has 106 valence electrons. The topological polar surface area (TPSA) is 85.3 Å². The lowest BCUT2D eigenvalue weighted by molar-refractivity contribution is -0.114. The van der Waals surface area contributed by atoms with Gasteiger partial charge in [-0.15, -0.1) is 0 Å². The van der Waals surface area contributed by atoms with Gasteiger partial charge < -0.3 is 15.2 Å². The van der Waals surface area contributed by atoms with Crippen LogP contribution in [0, 0.1) is 11.3 Å². The zero-order valence-electron chi connectivity index (χ0n) is 10.6. The molecule has 0 unspecified atom stereocenters. The first kappa shape index (κ1) is 15.4. The van der Waals surface area contributed by atoms with Crippen molar-refractivity contribution in [2.45, 2.75) is 13.5 Å². The summed E-state index contributed by atoms with van der Waals surface area (Å²) in [5.74, 6) is -1.13. The van der Waals surface area contributed by atoms with E-state index in [0.29, 0.717) is 0 Å². The van der Waals surface area contributed by atoms with Gasteiger partial charge in [0.05, 0.1) is 6.61 Å². The summed E-state index contributed by atoms with van der Waals surface area (Å²) in [5.41, 5.74) is 4.72. The van der Waals surface area contributed by atoms with E-state index in [1.165, 1.54) is 18.2 Å². The number of nitriles is 1. The van der Waals surface area contributed by atoms with E-state index in [9.17, 15) is 13.6 Å². The SMILES string of the molecule is CCOc1cccc(/C=C(/C#N)C(N)=O)c1OC(F)F. The van der Waals surface area contributed by atoms with Crippen molar-refractivity contribution < 1.29 is 23.0 Å². The highest BCUT2D eigenvalue weighted by Gasteiger charge is 2.16. The lowest BCUT2D eigenvalue weighted by atomic mass is 10.1. The molecule has 0 aliphatic carbocycles. The monoisotopic (exact) mass is 282 g/mol. The van der Waals surface area contributed by atoms with E-state index < -0.39 is 12.5 Å². The Balaban J connectivity index is 3.34. The van der Waals surface area contributed by atoms with E-state index in [1.807, 2.05) is 0 Å². The van der Waals surface area contributed by atoms with E-state index >= 15 is 0 Å². The Kier molecular flexibility index (Phi) is 5.47. The van der Waals surface area contributed by atoms with Gasteiger partial charge in [0.25, 0.3) is 5.91 Å². The number of carbonyl (C=O) groups is 1. The molecule has 0 atom stereocenters. The minimum Gasteiger partial charge on any atom is -0.490 e. The highest BCUT2D eigenvalue weighted by molar-refractivity contribution is 6.01. The van der Waals surface area contributed by atoms with E-state index in [1.54, 1.807) is 13.0 Å². The second-order valence-electron chi connectivity index (χ2n) is 3.52. The van der Waals surface area contributed by atoms with Crippen LogP contribution in [0.4, 0.5) is 8.78 Å². The molecule has 1 amide bonds. The van der Waals surface area contributed by atoms with Gasteiger partial charge in [-0.1, -0.05) is 12.1 Å². The standard InChI is InChI=1S/C13H12F2N2O3/c1-2-19-10-5-3-4-8(11(10)20-13(14)15)6-9(7-16)12(17)18/h3-6,13H,2H2,1H3,(H2,17,18)/b9-6-. The zero-order chi connectivity index (χ0) is 15.1. The molecule has 0 bridgehead atoms. The summed E-state index contributed by atoms with van der Waals surface area (Å²) in [6.45, 7) is -1.14. The number of nitrogens with two attached hydrogens (primary N) is 1. The smallest absolute Gasteiger partial charge is 0.387 e. The summed E-state index contributed by atoms with van der Waals surface area (Å²) in [6.07, 6.45) is 1.07. The summed E-state index contributed by atoms with van der Waals surface area (Å²) >= 11 is 0. The molecule has 0 spiro atoms. The van der Waals surface area contributed by atoms with Crippen LogP contribution in [-0.4, -0.2) is 19.1 Å². The molecule has 0 fully saturated rings. The number of ether oxygens (including phenoxy) is 2. The predicted octanol–water partition coefficient (Wildman–Crippen LogP) is 2.08. The Morgan fingerprint density at radius 1 is 1.55 bits per heavy atom. The maximum absolute atomic E-state index is 12.4. The van der Waals surface area contributed by atoms with Crippen molar-refractivity contribution in [1.29, 1.82) is 5.26 Å². The second kappa shape index (κ2) is 7.09. The Morgan fingerprint density at radius 2 is 2.25 bits per heavy atom. The van der Waals surface area contributed by atoms with Crippen LogP contribution < -0.4 is 15.2 Å². The number of para-hydroxylation sites is 1. The van der Waals surface area contributed by atoms with Crippen LogP contribution >= 0.6 is 0 Å². The molecule has 1 aromatic carbocycles. The lowest BCUT2D eigenvalue weighted by Gasteiger charge is -2.13. The molecular weight excluding hydrogens is 270 g/mol. The summed E-state index contributed by atoms with van der Waals surface area (Å²) in [4.78, 5) is 11.0. The summed E-state index contributed by atoms with van der Waals surface area (Å²) in [6, 6.07) is 5.95. The van der Waals surface area contributed by atoms with Gasteiger partial charge in [0.1, 0.15) is 11.6 Å². The third-order valence-electron chi connectivity index (χ3n) is 2.20. The maximum atomic E-state index is 12.4. The molecule has 5 nitrogen and oxygen atoms in total. The van der Waals surface area contributed by atoms with Crippen molar-refractivity contribution in [2.75, 3.05) is 6.61 Å². The van der Waals surface area contributed by atoms with Crippen molar-refractivity contribution in [3.8, 4) is 17.6 Å². The van der Waals surface area contributed by atoms with Gasteiger partial charge in [-0.2, -0.15) is 14.0 Å². The summed E-state index contributed by atoms with van der Waals surface area (Å²) < 4.78 is 34.4. The number of nitrogens with zero attached hydrogens (tertiary/aromatic N) is 1. The number of rotatable bonds is 6. The number of amides is 1. The molecule has 1 aromatic rings. The number of alkyl halides is 2. The number of hydrogen-bond acceptors (Lipinski definition) is 4. The van der Waals surface area contributed by atoms with Gasteiger partial charge >= 0.3 is 6.61 Å². The number of carbonyl (C=O) groups excluding carboxylic acids is 1. The number of primary amides is 1. The van der Waals surface area contributed by atoms with Gasteiger partial charge in [0, 0.05) is 5.56 Å². The number of benzene rings is 1. The molecule has 1 rings (SSSR count). The van der Waals surface area contributed by atoms with Gasteiger partial charge in [-0.3, -0.25) is 4.79 Å². The molecule has 7 heteroatoms. The van der Waals surface area contributed by atoms with Crippen LogP contribution in [-0.2, 0) is 4.79 Å². The Morgan fingerprint density at radius 3 is 2.75 bits per heavy atom. The first-order chi connectivity index (χ1) is 9.49. The molecule has 0 aromatic heterocycles. The number of hydrogen-bond donors (Lipinski definition) is 1. The van der Waals surface area contributed by atoms with Crippen LogP contribution in [0.2, 0.25) is 0 Å². The van der Waals surface area contributed by atoms with Crippen molar-refractivity contribution in [1.82, 2.24) is 0 Å². The van der Waals surface area contributed by atoms with Crippen LogP contribution in [0.15, 0.2) is 23.8 Å². The van der Waals surface area contributed by atoms with Crippen LogP contribution in [0.5, 0.6) is 11.5 Å². The normalized spacial score (nSPS) is 11.1. The second-order valence-corrected chi connectivity index (χ2v) is 3.52. The lowest BCUT2D eigenvalue weighted by Crippen LogP contribution is -2.12. The summed E-state index contributed by atoms with van der Waals surface area (Å²) in [7, 11) is 0. The maximum Gasteiger partial charge on any atom is 0.387 e. The van der Waals surface area contributed by atoms with Gasteiger partial charge in [-0.25, -0.2) is 0 Å². The first-order valence-electron chi connectivity index (χ1n) is 5.61. The quantitative estimate of drug-likeness (QED) is 0.639. The fourth-order valence-corrected chi connectivity index (χ4v) is 1.44. The molecule has 20 heavy (non-hydrogen) atoms. The molecule has 0 saturated carbocycles. The van der Waals surface area contributed by atoms with Crippen LogP contribution in [0.25, 0.3) is 6.08 Å². The molecular formula is C13H12F2N2O3. The third-order valence-corrected chi connectivity index (χ3v) is 2.20. The predicted molar refractivity (Wildman–Crippen MR) is 67.0 cm³/mol. The fourth-order valence-electron chi connectivity index (χ4n) is 1.44. The minimum atomic E-state index is -3.07. The molecule has 0 aliphatic rings. The first-order valence-corrected chi connectivity index (χ1v) is 5.61. The molecule has 0 saturated heterocycles. The van der Waals surface area contributed by atoms with Crippen LogP contribution in [0.1, 0.15) is 12.5 Å². The van der Waals surface area contributed by atoms with Crippen molar-refractivity contribution >= 4 is 12.0 Å². The van der Waals surface area contributed by atoms with E-state index in [0.717, 1.165) is 6.08 Å². The molecule has 0 aliphatic heterocycles. The highest BCUT2D eigenvalue weighted by atomic mass is 19.3. The van der Waals surface area contributed by atoms with Gasteiger partial charge in [-0.05, 0) is 19.1 Å². The minimum absolute atomic E-state index is 0.0864. The van der Waals surface area contributed by atoms with Crippen LogP contribution in [0.3, 0.4) is 0 Å². The Bertz CT molecular complexity index is 565. The Labute approximate surface area is 114 Å². The molecule has 2 N–H and O–H groups in total.